The number of nitrogens with zero attached hydrogens (tertiary/aromatic N) is 2. The molecule has 2 aromatic heterocycles. The molecule has 0 unspecified atom stereocenters. The van der Waals surface area contributed by atoms with Crippen LogP contribution in [0.5, 0.6) is 0 Å². The van der Waals surface area contributed by atoms with Gasteiger partial charge in [0.2, 0.25) is 0 Å². The molecule has 0 saturated carbocycles. The highest BCUT2D eigenvalue weighted by atomic mass is 14.7. The summed E-state index contributed by atoms with van der Waals surface area (Å²) in [4.78, 5) is 9.29. The van der Waals surface area contributed by atoms with E-state index < -0.39 is 0 Å². The van der Waals surface area contributed by atoms with Crippen molar-refractivity contribution in [1.29, 1.82) is 0 Å². The molecule has 0 fully saturated rings. The van der Waals surface area contributed by atoms with Gasteiger partial charge in [-0.05, 0) is 101 Å². The van der Waals surface area contributed by atoms with Gasteiger partial charge in [-0.1, -0.05) is 130 Å². The van der Waals surface area contributed by atoms with E-state index in [4.69, 9.17) is 4.98 Å². The first-order chi connectivity index (χ1) is 23.4. The van der Waals surface area contributed by atoms with E-state index >= 15 is 0 Å². The summed E-state index contributed by atoms with van der Waals surface area (Å²) in [5, 5.41) is 8.96. The SMILES string of the molecule is CC(C)(C)c1cc2ccc3c(-c4ccc(-c5cnc6ccccc6c5)cc4)cc(-c4ccc(-c5ccccn5)cc4)c4ccc(c1)c2c34. The quantitative estimate of drug-likeness (QED) is 0.184. The molecule has 0 atom stereocenters. The molecule has 0 bridgehead atoms. The van der Waals surface area contributed by atoms with Crippen molar-refractivity contribution in [3.8, 4) is 44.6 Å². The number of fused-ring (bicyclic) bond motifs is 1. The Bertz CT molecular complexity index is 2590. The number of aromatic nitrogens is 2. The molecule has 0 N–H and O–H groups in total. The average Bonchev–Trinajstić information content (AvgIpc) is 3.13. The lowest BCUT2D eigenvalue weighted by Crippen LogP contribution is -2.10. The fourth-order valence-electron chi connectivity index (χ4n) is 7.25. The van der Waals surface area contributed by atoms with Crippen LogP contribution in [0.4, 0.5) is 0 Å². The summed E-state index contributed by atoms with van der Waals surface area (Å²) in [5.41, 5.74) is 11.7. The molecular formula is C46H34N2. The number of hydrogen-bond donors (Lipinski definition) is 0. The van der Waals surface area contributed by atoms with E-state index in [1.807, 2.05) is 30.6 Å². The third kappa shape index (κ3) is 4.72. The standard InChI is InChI=1S/C46H34N2/c1-46(2,3)37-25-34-19-21-38-40(30-13-11-29(12-14-30)36-24-33-8-4-5-9-43(33)48-28-36)27-41(39-22-20-35(26-37)44(34)45(38)39)31-15-17-32(18-16-31)42-10-6-7-23-47-42/h4-28H,1-3H3. The molecule has 9 aromatic rings. The number of para-hydroxylation sites is 1. The van der Waals surface area contributed by atoms with Crippen molar-refractivity contribution >= 4 is 43.2 Å². The molecule has 9 rings (SSSR count). The van der Waals surface area contributed by atoms with Gasteiger partial charge in [0.1, 0.15) is 0 Å². The van der Waals surface area contributed by atoms with E-state index in [0.717, 1.165) is 33.3 Å². The van der Waals surface area contributed by atoms with Crippen molar-refractivity contribution in [3.63, 3.8) is 0 Å². The maximum atomic E-state index is 4.71. The fraction of sp³-hybridized carbons (Fsp3) is 0.0870. The molecule has 7 aromatic carbocycles. The van der Waals surface area contributed by atoms with Crippen LogP contribution >= 0.6 is 0 Å². The van der Waals surface area contributed by atoms with Gasteiger partial charge in [0, 0.05) is 28.9 Å². The van der Waals surface area contributed by atoms with E-state index in [1.54, 1.807) is 0 Å². The van der Waals surface area contributed by atoms with Crippen LogP contribution in [-0.4, -0.2) is 9.97 Å². The third-order valence-corrected chi connectivity index (χ3v) is 9.86. The minimum absolute atomic E-state index is 0.0679. The second-order valence-electron chi connectivity index (χ2n) is 13.9. The summed E-state index contributed by atoms with van der Waals surface area (Å²) < 4.78 is 0. The highest BCUT2D eigenvalue weighted by Gasteiger charge is 2.20. The molecule has 0 radical (unpaired) electrons. The van der Waals surface area contributed by atoms with E-state index in [1.165, 1.54) is 60.1 Å². The van der Waals surface area contributed by atoms with E-state index in [-0.39, 0.29) is 5.41 Å². The molecule has 228 valence electrons. The second-order valence-corrected chi connectivity index (χ2v) is 13.9. The van der Waals surface area contributed by atoms with Gasteiger partial charge >= 0.3 is 0 Å². The second kappa shape index (κ2) is 10.9. The zero-order valence-electron chi connectivity index (χ0n) is 27.3. The molecule has 0 spiro atoms. The van der Waals surface area contributed by atoms with Gasteiger partial charge in [-0.25, -0.2) is 0 Å². The van der Waals surface area contributed by atoms with Gasteiger partial charge in [0.05, 0.1) is 11.2 Å². The Labute approximate surface area is 280 Å². The minimum atomic E-state index is 0.0679. The molecular weight excluding hydrogens is 581 g/mol. The zero-order chi connectivity index (χ0) is 32.4. The number of pyridine rings is 2. The molecule has 48 heavy (non-hydrogen) atoms. The first-order valence-corrected chi connectivity index (χ1v) is 16.6. The van der Waals surface area contributed by atoms with Crippen LogP contribution in [0.2, 0.25) is 0 Å². The molecule has 0 amide bonds. The van der Waals surface area contributed by atoms with Gasteiger partial charge in [-0.3, -0.25) is 9.97 Å². The molecule has 0 aliphatic heterocycles. The van der Waals surface area contributed by atoms with Crippen molar-refractivity contribution < 1.29 is 0 Å². The van der Waals surface area contributed by atoms with E-state index in [9.17, 15) is 0 Å². The Balaban J connectivity index is 1.25. The van der Waals surface area contributed by atoms with E-state index in [0.29, 0.717) is 0 Å². The lowest BCUT2D eigenvalue weighted by atomic mass is 9.81. The molecule has 2 heteroatoms. The lowest BCUT2D eigenvalue weighted by molar-refractivity contribution is 0.591. The third-order valence-electron chi connectivity index (χ3n) is 9.86. The Hall–Kier alpha value is -5.86. The smallest absolute Gasteiger partial charge is 0.0702 e. The Kier molecular flexibility index (Phi) is 6.42. The van der Waals surface area contributed by atoms with Crippen LogP contribution in [0, 0.1) is 0 Å². The van der Waals surface area contributed by atoms with Gasteiger partial charge in [0.25, 0.3) is 0 Å². The zero-order valence-corrected chi connectivity index (χ0v) is 27.3. The van der Waals surface area contributed by atoms with Gasteiger partial charge in [-0.15, -0.1) is 0 Å². The lowest BCUT2D eigenvalue weighted by Gasteiger charge is -2.23. The average molecular weight is 615 g/mol. The maximum Gasteiger partial charge on any atom is 0.0702 e. The van der Waals surface area contributed by atoms with Crippen molar-refractivity contribution in [3.05, 3.63) is 157 Å². The highest BCUT2D eigenvalue weighted by Crippen LogP contribution is 2.45. The van der Waals surface area contributed by atoms with Crippen LogP contribution in [0.1, 0.15) is 26.3 Å². The predicted molar refractivity (Wildman–Crippen MR) is 204 cm³/mol. The molecule has 0 saturated heterocycles. The van der Waals surface area contributed by atoms with Crippen molar-refractivity contribution in [2.75, 3.05) is 0 Å². The largest absolute Gasteiger partial charge is 0.256 e. The van der Waals surface area contributed by atoms with Crippen LogP contribution in [0.15, 0.2) is 152 Å². The first kappa shape index (κ1) is 28.4. The van der Waals surface area contributed by atoms with Crippen LogP contribution in [-0.2, 0) is 5.41 Å². The monoisotopic (exact) mass is 614 g/mol. The number of rotatable bonds is 4. The van der Waals surface area contributed by atoms with Crippen molar-refractivity contribution in [2.45, 2.75) is 26.2 Å². The number of benzene rings is 7. The highest BCUT2D eigenvalue weighted by molar-refractivity contribution is 6.28. The molecule has 2 heterocycles. The Morgan fingerprint density at radius 1 is 0.438 bits per heavy atom. The summed E-state index contributed by atoms with van der Waals surface area (Å²) in [6, 6.07) is 50.9. The summed E-state index contributed by atoms with van der Waals surface area (Å²) >= 11 is 0. The predicted octanol–water partition coefficient (Wildman–Crippen LogP) is 12.5. The number of hydrogen-bond acceptors (Lipinski definition) is 2. The molecule has 0 aliphatic carbocycles. The summed E-state index contributed by atoms with van der Waals surface area (Å²) in [5.74, 6) is 0. The topological polar surface area (TPSA) is 25.8 Å². The van der Waals surface area contributed by atoms with Crippen LogP contribution < -0.4 is 0 Å². The maximum absolute atomic E-state index is 4.71. The van der Waals surface area contributed by atoms with Gasteiger partial charge in [0.15, 0.2) is 0 Å². The summed E-state index contributed by atoms with van der Waals surface area (Å²) in [7, 11) is 0. The summed E-state index contributed by atoms with van der Waals surface area (Å²) in [6.07, 6.45) is 3.83. The van der Waals surface area contributed by atoms with Gasteiger partial charge < -0.3 is 0 Å². The molecule has 2 nitrogen and oxygen atoms in total. The normalized spacial score (nSPS) is 12.1. The minimum Gasteiger partial charge on any atom is -0.256 e. The Morgan fingerprint density at radius 3 is 1.67 bits per heavy atom. The first-order valence-electron chi connectivity index (χ1n) is 16.6. The Morgan fingerprint density at radius 2 is 1.04 bits per heavy atom. The molecule has 0 aliphatic rings. The fourth-order valence-corrected chi connectivity index (χ4v) is 7.25. The van der Waals surface area contributed by atoms with E-state index in [2.05, 4.69) is 147 Å². The van der Waals surface area contributed by atoms with Crippen LogP contribution in [0.3, 0.4) is 0 Å². The van der Waals surface area contributed by atoms with Crippen molar-refractivity contribution in [2.24, 2.45) is 0 Å². The van der Waals surface area contributed by atoms with Crippen molar-refractivity contribution in [1.82, 2.24) is 9.97 Å². The van der Waals surface area contributed by atoms with Crippen LogP contribution in [0.25, 0.3) is 87.9 Å². The summed E-state index contributed by atoms with van der Waals surface area (Å²) in [6.45, 7) is 6.88. The van der Waals surface area contributed by atoms with Gasteiger partial charge in [-0.2, -0.15) is 0 Å².